The molecule has 0 aliphatic heterocycles. The predicted octanol–water partition coefficient (Wildman–Crippen LogP) is 1.44. The number of nitrogens with zero attached hydrogens (tertiary/aromatic N) is 3. The Morgan fingerprint density at radius 2 is 2.46 bits per heavy atom. The predicted molar refractivity (Wildman–Crippen MR) is 51.3 cm³/mol. The lowest BCUT2D eigenvalue weighted by Gasteiger charge is -2.09. The van der Waals surface area contributed by atoms with Gasteiger partial charge in [-0.1, -0.05) is 6.92 Å². The van der Waals surface area contributed by atoms with Gasteiger partial charge in [-0.05, 0) is 13.3 Å². The van der Waals surface area contributed by atoms with Crippen LogP contribution in [0.25, 0.3) is 0 Å². The van der Waals surface area contributed by atoms with Gasteiger partial charge in [0.2, 0.25) is 0 Å². The number of aryl methyl sites for hydroxylation is 1. The minimum Gasteiger partial charge on any atom is -0.367 e. The van der Waals surface area contributed by atoms with Gasteiger partial charge in [0.05, 0.1) is 23.6 Å². The van der Waals surface area contributed by atoms with Crippen LogP contribution in [0.3, 0.4) is 0 Å². The molecule has 1 heterocycles. The van der Waals surface area contributed by atoms with Gasteiger partial charge in [-0.15, -0.1) is 0 Å². The van der Waals surface area contributed by atoms with E-state index in [-0.39, 0.29) is 6.04 Å². The first-order chi connectivity index (χ1) is 6.19. The largest absolute Gasteiger partial charge is 0.367 e. The third kappa shape index (κ3) is 2.00. The van der Waals surface area contributed by atoms with Crippen molar-refractivity contribution >= 4 is 5.69 Å². The molecule has 1 N–H and O–H groups in total. The molecule has 1 atom stereocenters. The van der Waals surface area contributed by atoms with Crippen LogP contribution >= 0.6 is 0 Å². The van der Waals surface area contributed by atoms with Gasteiger partial charge in [0.15, 0.2) is 0 Å². The van der Waals surface area contributed by atoms with Gasteiger partial charge in [-0.2, -0.15) is 10.4 Å². The van der Waals surface area contributed by atoms with Crippen molar-refractivity contribution in [2.45, 2.75) is 26.3 Å². The molecule has 0 aliphatic carbocycles. The number of aromatic nitrogens is 2. The van der Waals surface area contributed by atoms with E-state index in [1.165, 1.54) is 0 Å². The number of hydrogen-bond donors (Lipinski definition) is 1. The lowest BCUT2D eigenvalue weighted by molar-refractivity contribution is 0.739. The monoisotopic (exact) mass is 178 g/mol. The Morgan fingerprint density at radius 1 is 1.77 bits per heavy atom. The fourth-order valence-corrected chi connectivity index (χ4v) is 1.05. The molecule has 4 nitrogen and oxygen atoms in total. The molecular weight excluding hydrogens is 164 g/mol. The van der Waals surface area contributed by atoms with Gasteiger partial charge >= 0.3 is 0 Å². The van der Waals surface area contributed by atoms with E-state index in [0.717, 1.165) is 17.8 Å². The maximum absolute atomic E-state index is 8.75. The summed E-state index contributed by atoms with van der Waals surface area (Å²) in [5.74, 6) is 0. The zero-order valence-electron chi connectivity index (χ0n) is 8.20. The van der Waals surface area contributed by atoms with Crippen LogP contribution in [0.5, 0.6) is 0 Å². The number of hydrogen-bond acceptors (Lipinski definition) is 3. The highest BCUT2D eigenvalue weighted by atomic mass is 15.3. The first-order valence-corrected chi connectivity index (χ1v) is 4.33. The van der Waals surface area contributed by atoms with E-state index in [2.05, 4.69) is 16.5 Å². The molecule has 13 heavy (non-hydrogen) atoms. The van der Waals surface area contributed by atoms with Crippen molar-refractivity contribution in [1.82, 2.24) is 9.78 Å². The average Bonchev–Trinajstić information content (AvgIpc) is 2.45. The van der Waals surface area contributed by atoms with Crippen LogP contribution in [0.15, 0.2) is 6.20 Å². The Balaban J connectivity index is 2.75. The van der Waals surface area contributed by atoms with Gasteiger partial charge in [0.25, 0.3) is 0 Å². The van der Waals surface area contributed by atoms with Crippen molar-refractivity contribution in [1.29, 1.82) is 5.26 Å². The molecule has 0 saturated carbocycles. The Morgan fingerprint density at radius 3 is 2.85 bits per heavy atom. The van der Waals surface area contributed by atoms with Crippen LogP contribution in [0.1, 0.15) is 19.0 Å². The van der Waals surface area contributed by atoms with E-state index in [1.807, 2.05) is 20.9 Å². The molecule has 1 aromatic heterocycles. The van der Waals surface area contributed by atoms with Gasteiger partial charge < -0.3 is 5.32 Å². The van der Waals surface area contributed by atoms with Crippen molar-refractivity contribution < 1.29 is 0 Å². The highest BCUT2D eigenvalue weighted by molar-refractivity contribution is 5.47. The summed E-state index contributed by atoms with van der Waals surface area (Å²) in [7, 11) is 1.88. The minimum atomic E-state index is -0.122. The zero-order valence-corrected chi connectivity index (χ0v) is 8.20. The second kappa shape index (κ2) is 3.94. The Bertz CT molecular complexity index is 321. The molecule has 1 aromatic rings. The van der Waals surface area contributed by atoms with E-state index in [0.29, 0.717) is 0 Å². The van der Waals surface area contributed by atoms with Crippen LogP contribution in [-0.2, 0) is 7.05 Å². The molecule has 70 valence electrons. The lowest BCUT2D eigenvalue weighted by Crippen LogP contribution is -2.15. The van der Waals surface area contributed by atoms with Crippen molar-refractivity contribution in [3.8, 4) is 6.07 Å². The van der Waals surface area contributed by atoms with E-state index in [9.17, 15) is 0 Å². The topological polar surface area (TPSA) is 53.6 Å². The van der Waals surface area contributed by atoms with Crippen molar-refractivity contribution in [3.63, 3.8) is 0 Å². The molecule has 0 aromatic carbocycles. The third-order valence-corrected chi connectivity index (χ3v) is 2.13. The van der Waals surface area contributed by atoms with E-state index < -0.39 is 0 Å². The molecule has 1 unspecified atom stereocenters. The summed E-state index contributed by atoms with van der Waals surface area (Å²) in [5.41, 5.74) is 1.99. The Labute approximate surface area is 78.2 Å². The average molecular weight is 178 g/mol. The molecule has 0 bridgehead atoms. The standard InChI is InChI=1S/C9H14N4/c1-4-8(5-10)12-9-6-11-13(3)7(9)2/h6,8,12H,4H2,1-3H3. The quantitative estimate of drug-likeness (QED) is 0.762. The molecule has 0 fully saturated rings. The second-order valence-corrected chi connectivity index (χ2v) is 3.00. The summed E-state index contributed by atoms with van der Waals surface area (Å²) < 4.78 is 1.78. The number of nitrogens with one attached hydrogen (secondary N) is 1. The Hall–Kier alpha value is -1.50. The van der Waals surface area contributed by atoms with E-state index >= 15 is 0 Å². The van der Waals surface area contributed by atoms with Crippen molar-refractivity contribution in [3.05, 3.63) is 11.9 Å². The molecule has 1 rings (SSSR count). The lowest BCUT2D eigenvalue weighted by atomic mass is 10.2. The SMILES string of the molecule is CCC(C#N)Nc1cnn(C)c1C. The van der Waals surface area contributed by atoms with E-state index in [1.54, 1.807) is 10.9 Å². The highest BCUT2D eigenvalue weighted by Crippen LogP contribution is 2.13. The third-order valence-electron chi connectivity index (χ3n) is 2.13. The van der Waals surface area contributed by atoms with Crippen LogP contribution in [0.2, 0.25) is 0 Å². The number of anilines is 1. The molecule has 0 saturated heterocycles. The fourth-order valence-electron chi connectivity index (χ4n) is 1.05. The van der Waals surface area contributed by atoms with Crippen LogP contribution in [0.4, 0.5) is 5.69 Å². The molecule has 0 spiro atoms. The molecule has 0 radical (unpaired) electrons. The minimum absolute atomic E-state index is 0.122. The summed E-state index contributed by atoms with van der Waals surface area (Å²) in [6, 6.07) is 2.07. The molecule has 4 heteroatoms. The first kappa shape index (κ1) is 9.59. The normalized spacial score (nSPS) is 12.2. The molecular formula is C9H14N4. The maximum atomic E-state index is 8.75. The van der Waals surface area contributed by atoms with Crippen LogP contribution < -0.4 is 5.32 Å². The Kier molecular flexibility index (Phi) is 2.91. The summed E-state index contributed by atoms with van der Waals surface area (Å²) in [4.78, 5) is 0. The van der Waals surface area contributed by atoms with Crippen molar-refractivity contribution in [2.24, 2.45) is 7.05 Å². The summed E-state index contributed by atoms with van der Waals surface area (Å²) in [5, 5.41) is 16.0. The zero-order chi connectivity index (χ0) is 9.84. The van der Waals surface area contributed by atoms with Crippen LogP contribution in [0, 0.1) is 18.3 Å². The molecule has 0 amide bonds. The van der Waals surface area contributed by atoms with Gasteiger partial charge in [0, 0.05) is 7.05 Å². The van der Waals surface area contributed by atoms with E-state index in [4.69, 9.17) is 5.26 Å². The van der Waals surface area contributed by atoms with Crippen LogP contribution in [-0.4, -0.2) is 15.8 Å². The summed E-state index contributed by atoms with van der Waals surface area (Å²) in [6.45, 7) is 3.95. The maximum Gasteiger partial charge on any atom is 0.114 e. The fraction of sp³-hybridized carbons (Fsp3) is 0.556. The van der Waals surface area contributed by atoms with Gasteiger partial charge in [-0.25, -0.2) is 0 Å². The molecule has 0 aliphatic rings. The van der Waals surface area contributed by atoms with Gasteiger partial charge in [-0.3, -0.25) is 4.68 Å². The highest BCUT2D eigenvalue weighted by Gasteiger charge is 2.08. The summed E-state index contributed by atoms with van der Waals surface area (Å²) in [6.07, 6.45) is 2.54. The smallest absolute Gasteiger partial charge is 0.114 e. The summed E-state index contributed by atoms with van der Waals surface area (Å²) >= 11 is 0. The van der Waals surface area contributed by atoms with Crippen molar-refractivity contribution in [2.75, 3.05) is 5.32 Å². The number of nitriles is 1. The number of rotatable bonds is 3. The second-order valence-electron chi connectivity index (χ2n) is 3.00. The first-order valence-electron chi connectivity index (χ1n) is 4.33. The van der Waals surface area contributed by atoms with Gasteiger partial charge in [0.1, 0.15) is 6.04 Å².